The van der Waals surface area contributed by atoms with Crippen molar-refractivity contribution in [2.75, 3.05) is 0 Å². The van der Waals surface area contributed by atoms with E-state index in [1.165, 1.54) is 30.4 Å². The first-order valence-corrected chi connectivity index (χ1v) is 9.79. The van der Waals surface area contributed by atoms with Crippen LogP contribution in [0.25, 0.3) is 28.7 Å². The number of allylic oxidation sites excluding steroid dienone is 1. The van der Waals surface area contributed by atoms with E-state index in [2.05, 4.69) is 0 Å². The molecule has 0 saturated heterocycles. The average Bonchev–Trinajstić information content (AvgIpc) is 3.42. The number of furan rings is 2. The molecule has 0 spiro atoms. The fourth-order valence-corrected chi connectivity index (χ4v) is 3.42. The van der Waals surface area contributed by atoms with Crippen LogP contribution in [0.3, 0.4) is 0 Å². The smallest absolute Gasteiger partial charge is 0.270 e. The zero-order valence-electron chi connectivity index (χ0n) is 15.7. The summed E-state index contributed by atoms with van der Waals surface area (Å²) in [7, 11) is 0. The van der Waals surface area contributed by atoms with Crippen LogP contribution >= 0.6 is 23.2 Å². The molecular formula is C23H13Cl2NO5. The van der Waals surface area contributed by atoms with Gasteiger partial charge in [0.2, 0.25) is 5.78 Å². The highest BCUT2D eigenvalue weighted by Crippen LogP contribution is 2.33. The summed E-state index contributed by atoms with van der Waals surface area (Å²) in [5.74, 6) is 1.15. The molecule has 0 N–H and O–H groups in total. The molecule has 4 rings (SSSR count). The SMILES string of the molecule is O=C(C=Cc1ccc(-c2ccc([N+](=O)[O-])cc2Cl)o1)c1ccc(-c2ccccc2Cl)o1. The van der Waals surface area contributed by atoms with Crippen LogP contribution in [-0.4, -0.2) is 10.7 Å². The monoisotopic (exact) mass is 453 g/mol. The van der Waals surface area contributed by atoms with E-state index in [0.29, 0.717) is 33.4 Å². The number of rotatable bonds is 6. The minimum atomic E-state index is -0.524. The number of nitro groups is 1. The van der Waals surface area contributed by atoms with Gasteiger partial charge in [0, 0.05) is 23.3 Å². The van der Waals surface area contributed by atoms with Crippen LogP contribution in [-0.2, 0) is 0 Å². The van der Waals surface area contributed by atoms with E-state index in [1.807, 2.05) is 12.1 Å². The third-order valence-corrected chi connectivity index (χ3v) is 5.09. The van der Waals surface area contributed by atoms with E-state index in [0.717, 1.165) is 0 Å². The number of non-ortho nitro benzene ring substituents is 1. The number of nitrogens with zero attached hydrogens (tertiary/aromatic N) is 1. The van der Waals surface area contributed by atoms with E-state index < -0.39 is 4.92 Å². The Hall–Kier alpha value is -3.61. The van der Waals surface area contributed by atoms with Gasteiger partial charge in [0.1, 0.15) is 17.3 Å². The normalized spacial score (nSPS) is 11.2. The summed E-state index contributed by atoms with van der Waals surface area (Å²) in [6, 6.07) is 17.9. The van der Waals surface area contributed by atoms with Crippen molar-refractivity contribution in [1.82, 2.24) is 0 Å². The van der Waals surface area contributed by atoms with E-state index >= 15 is 0 Å². The predicted octanol–water partition coefficient (Wildman–Crippen LogP) is 7.32. The second-order valence-corrected chi connectivity index (χ2v) is 7.28. The van der Waals surface area contributed by atoms with Gasteiger partial charge in [-0.05, 0) is 54.6 Å². The molecular weight excluding hydrogens is 441 g/mol. The van der Waals surface area contributed by atoms with Gasteiger partial charge in [-0.15, -0.1) is 0 Å². The number of carbonyl (C=O) groups is 1. The van der Waals surface area contributed by atoms with Crippen LogP contribution in [0.2, 0.25) is 10.0 Å². The fraction of sp³-hybridized carbons (Fsp3) is 0. The van der Waals surface area contributed by atoms with Gasteiger partial charge in [0.25, 0.3) is 5.69 Å². The molecule has 31 heavy (non-hydrogen) atoms. The molecule has 8 heteroatoms. The largest absolute Gasteiger partial charge is 0.457 e. The molecule has 0 aliphatic carbocycles. The third-order valence-electron chi connectivity index (χ3n) is 4.44. The predicted molar refractivity (Wildman–Crippen MR) is 118 cm³/mol. The Morgan fingerprint density at radius 1 is 0.871 bits per heavy atom. The van der Waals surface area contributed by atoms with Gasteiger partial charge < -0.3 is 8.83 Å². The Labute approximate surface area is 186 Å². The Morgan fingerprint density at radius 3 is 2.32 bits per heavy atom. The Morgan fingerprint density at radius 2 is 1.58 bits per heavy atom. The van der Waals surface area contributed by atoms with Crippen molar-refractivity contribution in [3.05, 3.63) is 104 Å². The van der Waals surface area contributed by atoms with E-state index in [4.69, 9.17) is 32.0 Å². The molecule has 2 heterocycles. The number of ketones is 1. The summed E-state index contributed by atoms with van der Waals surface area (Å²) in [4.78, 5) is 22.8. The summed E-state index contributed by atoms with van der Waals surface area (Å²) in [5, 5.41) is 11.6. The molecule has 0 amide bonds. The molecule has 0 radical (unpaired) electrons. The quantitative estimate of drug-likeness (QED) is 0.132. The van der Waals surface area contributed by atoms with Crippen molar-refractivity contribution in [2.45, 2.75) is 0 Å². The standard InChI is InChI=1S/C23H13Cl2NO5/c24-18-4-2-1-3-16(18)22-11-12-23(31-22)20(27)9-6-15-7-10-21(30-15)17-8-5-14(26(28)29)13-19(17)25/h1-13H. The van der Waals surface area contributed by atoms with Crippen LogP contribution in [0.1, 0.15) is 16.3 Å². The topological polar surface area (TPSA) is 86.5 Å². The van der Waals surface area contributed by atoms with E-state index in [-0.39, 0.29) is 22.3 Å². The minimum Gasteiger partial charge on any atom is -0.457 e. The van der Waals surface area contributed by atoms with Gasteiger partial charge in [0.05, 0.1) is 15.0 Å². The molecule has 0 saturated carbocycles. The van der Waals surface area contributed by atoms with Crippen molar-refractivity contribution >= 4 is 40.7 Å². The van der Waals surface area contributed by atoms with Crippen LogP contribution in [0, 0.1) is 10.1 Å². The lowest BCUT2D eigenvalue weighted by Crippen LogP contribution is -1.90. The first kappa shape index (κ1) is 20.7. The van der Waals surface area contributed by atoms with Crippen molar-refractivity contribution in [3.8, 4) is 22.6 Å². The van der Waals surface area contributed by atoms with Gasteiger partial charge in [-0.3, -0.25) is 14.9 Å². The summed E-state index contributed by atoms with van der Waals surface area (Å²) in [6.45, 7) is 0. The Balaban J connectivity index is 1.50. The maximum absolute atomic E-state index is 12.4. The first-order chi connectivity index (χ1) is 14.9. The number of benzene rings is 2. The molecule has 4 aromatic rings. The molecule has 0 bridgehead atoms. The summed E-state index contributed by atoms with van der Waals surface area (Å²) in [6.07, 6.45) is 2.83. The minimum absolute atomic E-state index is 0.111. The van der Waals surface area contributed by atoms with Gasteiger partial charge in [-0.2, -0.15) is 0 Å². The molecule has 154 valence electrons. The molecule has 0 atom stereocenters. The number of halogens is 2. The molecule has 2 aromatic carbocycles. The van der Waals surface area contributed by atoms with Gasteiger partial charge in [0.15, 0.2) is 5.76 Å². The zero-order valence-corrected chi connectivity index (χ0v) is 17.3. The number of nitro benzene ring substituents is 1. The number of carbonyl (C=O) groups excluding carboxylic acids is 1. The molecule has 0 fully saturated rings. The van der Waals surface area contributed by atoms with Gasteiger partial charge >= 0.3 is 0 Å². The molecule has 0 aliphatic rings. The number of hydrogen-bond donors (Lipinski definition) is 0. The summed E-state index contributed by atoms with van der Waals surface area (Å²) < 4.78 is 11.3. The Kier molecular flexibility index (Phi) is 5.75. The lowest BCUT2D eigenvalue weighted by molar-refractivity contribution is -0.384. The van der Waals surface area contributed by atoms with Crippen molar-refractivity contribution in [1.29, 1.82) is 0 Å². The van der Waals surface area contributed by atoms with Gasteiger partial charge in [-0.25, -0.2) is 0 Å². The van der Waals surface area contributed by atoms with Crippen LogP contribution in [0.5, 0.6) is 0 Å². The second kappa shape index (κ2) is 8.63. The summed E-state index contributed by atoms with van der Waals surface area (Å²) in [5.41, 5.74) is 1.09. The van der Waals surface area contributed by atoms with Crippen molar-refractivity contribution < 1.29 is 18.6 Å². The molecule has 2 aromatic heterocycles. The van der Waals surface area contributed by atoms with Crippen molar-refractivity contribution in [3.63, 3.8) is 0 Å². The highest BCUT2D eigenvalue weighted by Gasteiger charge is 2.14. The molecule has 0 aliphatic heterocycles. The van der Waals surface area contributed by atoms with Crippen LogP contribution in [0.15, 0.2) is 81.6 Å². The lowest BCUT2D eigenvalue weighted by atomic mass is 10.1. The molecule has 6 nitrogen and oxygen atoms in total. The first-order valence-electron chi connectivity index (χ1n) is 9.03. The fourth-order valence-electron chi connectivity index (χ4n) is 2.92. The zero-order chi connectivity index (χ0) is 22.0. The van der Waals surface area contributed by atoms with Crippen LogP contribution < -0.4 is 0 Å². The lowest BCUT2D eigenvalue weighted by Gasteiger charge is -2.00. The Bertz CT molecular complexity index is 1320. The van der Waals surface area contributed by atoms with E-state index in [1.54, 1.807) is 36.4 Å². The maximum atomic E-state index is 12.4. The highest BCUT2D eigenvalue weighted by molar-refractivity contribution is 6.33. The second-order valence-electron chi connectivity index (χ2n) is 6.46. The highest BCUT2D eigenvalue weighted by atomic mass is 35.5. The van der Waals surface area contributed by atoms with Crippen molar-refractivity contribution in [2.24, 2.45) is 0 Å². The van der Waals surface area contributed by atoms with Gasteiger partial charge in [-0.1, -0.05) is 35.3 Å². The summed E-state index contributed by atoms with van der Waals surface area (Å²) >= 11 is 12.3. The third kappa shape index (κ3) is 4.45. The molecule has 0 unspecified atom stereocenters. The van der Waals surface area contributed by atoms with E-state index in [9.17, 15) is 14.9 Å². The average molecular weight is 454 g/mol. The maximum Gasteiger partial charge on any atom is 0.270 e. The number of hydrogen-bond acceptors (Lipinski definition) is 5. The van der Waals surface area contributed by atoms with Crippen LogP contribution in [0.4, 0.5) is 5.69 Å².